The number of rotatable bonds is 7. The number of carbonyl (C=O) groups is 1. The van der Waals surface area contributed by atoms with Gasteiger partial charge in [0.1, 0.15) is 5.75 Å². The highest BCUT2D eigenvalue weighted by molar-refractivity contribution is 5.92. The lowest BCUT2D eigenvalue weighted by molar-refractivity contribution is -0.121. The Bertz CT molecular complexity index is 986. The third kappa shape index (κ3) is 5.70. The Hall–Kier alpha value is -3.19. The van der Waals surface area contributed by atoms with E-state index in [0.717, 1.165) is 36.4 Å². The number of aromatic nitrogens is 2. The van der Waals surface area contributed by atoms with E-state index in [9.17, 15) is 4.79 Å². The Labute approximate surface area is 182 Å². The molecule has 1 saturated heterocycles. The van der Waals surface area contributed by atoms with Crippen molar-refractivity contribution in [3.63, 3.8) is 0 Å². The fraction of sp³-hybridized carbons (Fsp3) is 0.375. The van der Waals surface area contributed by atoms with E-state index in [1.54, 1.807) is 0 Å². The molecule has 7 nitrogen and oxygen atoms in total. The molecule has 0 spiro atoms. The van der Waals surface area contributed by atoms with Crippen molar-refractivity contribution in [3.8, 4) is 17.1 Å². The number of likely N-dealkylation sites (tertiary alicyclic amines) is 1. The Kier molecular flexibility index (Phi) is 6.62. The monoisotopic (exact) mass is 420 g/mol. The number of anilines is 1. The summed E-state index contributed by atoms with van der Waals surface area (Å²) in [7, 11) is 0. The molecule has 0 aliphatic carbocycles. The minimum atomic E-state index is -0.0724. The second-order valence-electron chi connectivity index (χ2n) is 8.13. The summed E-state index contributed by atoms with van der Waals surface area (Å²) in [5, 5.41) is 7.11. The van der Waals surface area contributed by atoms with E-state index < -0.39 is 0 Å². The van der Waals surface area contributed by atoms with Crippen molar-refractivity contribution in [2.24, 2.45) is 5.92 Å². The lowest BCUT2D eigenvalue weighted by Crippen LogP contribution is -2.40. The van der Waals surface area contributed by atoms with Crippen LogP contribution < -0.4 is 10.1 Å². The van der Waals surface area contributed by atoms with E-state index >= 15 is 0 Å². The minimum Gasteiger partial charge on any atom is -0.491 e. The normalized spacial score (nSPS) is 16.9. The molecule has 0 saturated carbocycles. The van der Waals surface area contributed by atoms with E-state index in [0.29, 0.717) is 24.8 Å². The predicted octanol–water partition coefficient (Wildman–Crippen LogP) is 4.37. The van der Waals surface area contributed by atoms with Gasteiger partial charge in [-0.05, 0) is 57.5 Å². The molecule has 0 bridgehead atoms. The molecular weight excluding hydrogens is 392 g/mol. The smallest absolute Gasteiger partial charge is 0.241 e. The van der Waals surface area contributed by atoms with E-state index in [4.69, 9.17) is 9.26 Å². The molecule has 3 aromatic rings. The number of benzene rings is 2. The molecule has 4 rings (SSSR count). The first-order chi connectivity index (χ1) is 15.1. The summed E-state index contributed by atoms with van der Waals surface area (Å²) in [6.45, 7) is 6.10. The highest BCUT2D eigenvalue weighted by Crippen LogP contribution is 2.23. The molecular formula is C24H28N4O3. The van der Waals surface area contributed by atoms with Crippen LogP contribution in [0.5, 0.6) is 5.75 Å². The lowest BCUT2D eigenvalue weighted by atomic mass is 9.97. The largest absolute Gasteiger partial charge is 0.491 e. The summed E-state index contributed by atoms with van der Waals surface area (Å²) in [4.78, 5) is 19.5. The molecule has 0 radical (unpaired) electrons. The number of hydrogen-bond donors (Lipinski definition) is 1. The quantitative estimate of drug-likeness (QED) is 0.611. The van der Waals surface area contributed by atoms with Crippen LogP contribution >= 0.6 is 0 Å². The average Bonchev–Trinajstić information content (AvgIpc) is 3.24. The van der Waals surface area contributed by atoms with E-state index in [1.807, 2.05) is 68.4 Å². The lowest BCUT2D eigenvalue weighted by Gasteiger charge is -2.30. The zero-order valence-electron chi connectivity index (χ0n) is 18.0. The van der Waals surface area contributed by atoms with Crippen LogP contribution in [0.1, 0.15) is 32.6 Å². The molecule has 31 heavy (non-hydrogen) atoms. The van der Waals surface area contributed by atoms with Gasteiger partial charge in [0.05, 0.1) is 18.6 Å². The van der Waals surface area contributed by atoms with Crippen molar-refractivity contribution < 1.29 is 14.1 Å². The van der Waals surface area contributed by atoms with Crippen LogP contribution in [-0.2, 0) is 11.3 Å². The van der Waals surface area contributed by atoms with Gasteiger partial charge < -0.3 is 14.6 Å². The molecule has 1 aliphatic heterocycles. The molecule has 1 unspecified atom stereocenters. The van der Waals surface area contributed by atoms with Crippen molar-refractivity contribution in [2.45, 2.75) is 39.3 Å². The Morgan fingerprint density at radius 3 is 2.71 bits per heavy atom. The number of nitrogens with one attached hydrogen (secondary N) is 1. The maximum absolute atomic E-state index is 12.8. The maximum Gasteiger partial charge on any atom is 0.241 e. The number of hydrogen-bond acceptors (Lipinski definition) is 6. The predicted molar refractivity (Wildman–Crippen MR) is 119 cm³/mol. The van der Waals surface area contributed by atoms with Crippen molar-refractivity contribution in [1.29, 1.82) is 0 Å². The zero-order chi connectivity index (χ0) is 21.6. The molecule has 1 N–H and O–H groups in total. The minimum absolute atomic E-state index is 0.0396. The Morgan fingerprint density at radius 2 is 1.97 bits per heavy atom. The van der Waals surface area contributed by atoms with Crippen molar-refractivity contribution >= 4 is 11.6 Å². The fourth-order valence-corrected chi connectivity index (χ4v) is 3.76. The van der Waals surface area contributed by atoms with E-state index in [2.05, 4.69) is 20.4 Å². The topological polar surface area (TPSA) is 80.5 Å². The fourth-order valence-electron chi connectivity index (χ4n) is 3.76. The second-order valence-corrected chi connectivity index (χ2v) is 8.13. The number of nitrogens with zero attached hydrogens (tertiary/aromatic N) is 3. The standard InChI is InChI=1S/C24H28N4O3/c1-17(2)30-21-12-10-20(11-13-21)25-24(29)19-9-6-14-28(15-19)16-22-26-23(27-31-22)18-7-4-3-5-8-18/h3-5,7-8,10-13,17,19H,6,9,14-16H2,1-2H3,(H,25,29). The average molecular weight is 421 g/mol. The Balaban J connectivity index is 1.32. The highest BCUT2D eigenvalue weighted by atomic mass is 16.5. The Morgan fingerprint density at radius 1 is 1.19 bits per heavy atom. The van der Waals surface area contributed by atoms with Crippen LogP contribution in [0.25, 0.3) is 11.4 Å². The van der Waals surface area contributed by atoms with Gasteiger partial charge in [-0.15, -0.1) is 0 Å². The first-order valence-electron chi connectivity index (χ1n) is 10.7. The van der Waals surface area contributed by atoms with Crippen molar-refractivity contribution in [1.82, 2.24) is 15.0 Å². The van der Waals surface area contributed by atoms with E-state index in [-0.39, 0.29) is 17.9 Å². The number of amides is 1. The van der Waals surface area contributed by atoms with Crippen LogP contribution in [0.4, 0.5) is 5.69 Å². The van der Waals surface area contributed by atoms with E-state index in [1.165, 1.54) is 0 Å². The summed E-state index contributed by atoms with van der Waals surface area (Å²) in [5.74, 6) is 1.92. The third-order valence-corrected chi connectivity index (χ3v) is 5.23. The molecule has 7 heteroatoms. The van der Waals surface area contributed by atoms with Gasteiger partial charge in [-0.3, -0.25) is 9.69 Å². The van der Waals surface area contributed by atoms with Gasteiger partial charge in [-0.2, -0.15) is 4.98 Å². The number of carbonyl (C=O) groups excluding carboxylic acids is 1. The molecule has 1 fully saturated rings. The van der Waals surface area contributed by atoms with Crippen LogP contribution in [0.2, 0.25) is 0 Å². The van der Waals surface area contributed by atoms with Gasteiger partial charge >= 0.3 is 0 Å². The molecule has 2 heterocycles. The molecule has 1 aliphatic rings. The van der Waals surface area contributed by atoms with Crippen molar-refractivity contribution in [2.75, 3.05) is 18.4 Å². The summed E-state index contributed by atoms with van der Waals surface area (Å²) < 4.78 is 11.1. The van der Waals surface area contributed by atoms with Gasteiger partial charge in [-0.25, -0.2) is 0 Å². The van der Waals surface area contributed by atoms with Crippen LogP contribution in [0, 0.1) is 5.92 Å². The number of piperidine rings is 1. The summed E-state index contributed by atoms with van der Waals surface area (Å²) in [5.41, 5.74) is 1.71. The zero-order valence-corrected chi connectivity index (χ0v) is 18.0. The molecule has 1 amide bonds. The van der Waals surface area contributed by atoms with Crippen molar-refractivity contribution in [3.05, 3.63) is 60.5 Å². The maximum atomic E-state index is 12.8. The van der Waals surface area contributed by atoms with Crippen LogP contribution in [0.15, 0.2) is 59.1 Å². The van der Waals surface area contributed by atoms with Gasteiger partial charge in [0.2, 0.25) is 17.6 Å². The molecule has 2 aromatic carbocycles. The highest BCUT2D eigenvalue weighted by Gasteiger charge is 2.27. The van der Waals surface area contributed by atoms with Crippen LogP contribution in [-0.4, -0.2) is 40.1 Å². The van der Waals surface area contributed by atoms with Gasteiger partial charge in [0.25, 0.3) is 0 Å². The first-order valence-corrected chi connectivity index (χ1v) is 10.7. The summed E-state index contributed by atoms with van der Waals surface area (Å²) >= 11 is 0. The van der Waals surface area contributed by atoms with Gasteiger partial charge in [-0.1, -0.05) is 35.5 Å². The van der Waals surface area contributed by atoms with Gasteiger partial charge in [0, 0.05) is 17.8 Å². The third-order valence-electron chi connectivity index (χ3n) is 5.23. The molecule has 162 valence electrons. The van der Waals surface area contributed by atoms with Gasteiger partial charge in [0.15, 0.2) is 0 Å². The number of ether oxygens (including phenoxy) is 1. The molecule has 1 atom stereocenters. The summed E-state index contributed by atoms with van der Waals surface area (Å²) in [6.07, 6.45) is 1.95. The summed E-state index contributed by atoms with van der Waals surface area (Å²) in [6, 6.07) is 17.3. The first kappa shape index (κ1) is 21.1. The SMILES string of the molecule is CC(C)Oc1ccc(NC(=O)C2CCCN(Cc3nc(-c4ccccc4)no3)C2)cc1. The second kappa shape index (κ2) is 9.75. The molecule has 1 aromatic heterocycles. The van der Waals surface area contributed by atoms with Crippen LogP contribution in [0.3, 0.4) is 0 Å².